The van der Waals surface area contributed by atoms with Crippen LogP contribution in [0, 0.1) is 5.82 Å². The van der Waals surface area contributed by atoms with E-state index in [0.717, 1.165) is 28.8 Å². The van der Waals surface area contributed by atoms with Crippen LogP contribution in [0.5, 0.6) is 0 Å². The van der Waals surface area contributed by atoms with Crippen molar-refractivity contribution in [3.8, 4) is 0 Å². The smallest absolute Gasteiger partial charge is 0.328 e. The Morgan fingerprint density at radius 3 is 2.88 bits per heavy atom. The van der Waals surface area contributed by atoms with Crippen LogP contribution in [-0.2, 0) is 11.2 Å². The summed E-state index contributed by atoms with van der Waals surface area (Å²) in [6, 6.07) is 1.97. The van der Waals surface area contributed by atoms with Crippen LogP contribution in [0.4, 0.5) is 9.18 Å². The molecule has 1 aromatic heterocycles. The number of nitrogens with zero attached hydrogens (tertiary/aromatic N) is 2. The molecule has 0 radical (unpaired) electrons. The number of aromatic amines is 1. The van der Waals surface area contributed by atoms with Gasteiger partial charge in [-0.15, -0.1) is 0 Å². The van der Waals surface area contributed by atoms with E-state index in [1.807, 2.05) is 13.0 Å². The van der Waals surface area contributed by atoms with Crippen LogP contribution in [0.15, 0.2) is 35.6 Å². The first-order valence-corrected chi connectivity index (χ1v) is 12.1. The molecule has 180 valence electrons. The number of hydrogen-bond donors (Lipinski definition) is 3. The lowest BCUT2D eigenvalue weighted by Gasteiger charge is -2.43. The number of fused-ring (bicyclic) bond motifs is 4. The summed E-state index contributed by atoms with van der Waals surface area (Å²) >= 11 is 6.11. The van der Waals surface area contributed by atoms with Crippen molar-refractivity contribution in [1.29, 1.82) is 0 Å². The molecule has 3 aliphatic rings. The molecular formula is C25H28ClFN4O3. The normalized spacial score (nSPS) is 24.4. The Morgan fingerprint density at radius 1 is 1.35 bits per heavy atom. The number of hydrogen-bond acceptors (Lipinski definition) is 4. The van der Waals surface area contributed by atoms with Gasteiger partial charge in [-0.3, -0.25) is 14.6 Å². The quantitative estimate of drug-likeness (QED) is 0.406. The zero-order chi connectivity index (χ0) is 24.2. The second-order valence-electron chi connectivity index (χ2n) is 9.38. The van der Waals surface area contributed by atoms with E-state index in [4.69, 9.17) is 11.6 Å². The molecule has 3 N–H and O–H groups in total. The van der Waals surface area contributed by atoms with Gasteiger partial charge < -0.3 is 15.4 Å². The lowest BCUT2D eigenvalue weighted by Crippen LogP contribution is -2.53. The van der Waals surface area contributed by atoms with E-state index in [1.165, 1.54) is 11.0 Å². The maximum atomic E-state index is 14.2. The first-order valence-electron chi connectivity index (χ1n) is 11.7. The minimum absolute atomic E-state index is 0.00623. The third-order valence-corrected chi connectivity index (χ3v) is 7.41. The Labute approximate surface area is 202 Å². The highest BCUT2D eigenvalue weighted by atomic mass is 35.5. The molecule has 34 heavy (non-hydrogen) atoms. The third kappa shape index (κ3) is 3.43. The average Bonchev–Trinajstić information content (AvgIpc) is 3.22. The molecular weight excluding hydrogens is 459 g/mol. The van der Waals surface area contributed by atoms with Gasteiger partial charge in [0.1, 0.15) is 17.4 Å². The number of amides is 3. The zero-order valence-corrected chi connectivity index (χ0v) is 20.0. The van der Waals surface area contributed by atoms with Crippen LogP contribution < -0.4 is 5.32 Å². The second kappa shape index (κ2) is 8.43. The van der Waals surface area contributed by atoms with Crippen molar-refractivity contribution in [2.24, 2.45) is 0 Å². The number of carbonyl (C=O) groups is 2. The van der Waals surface area contributed by atoms with E-state index in [1.54, 1.807) is 24.0 Å². The van der Waals surface area contributed by atoms with Gasteiger partial charge in [0.2, 0.25) is 0 Å². The van der Waals surface area contributed by atoms with E-state index in [2.05, 4.69) is 10.3 Å². The lowest BCUT2D eigenvalue weighted by atomic mass is 9.80. The molecule has 0 saturated carbocycles. The van der Waals surface area contributed by atoms with Crippen molar-refractivity contribution in [2.45, 2.75) is 51.1 Å². The van der Waals surface area contributed by atoms with Crippen molar-refractivity contribution in [3.05, 3.63) is 57.7 Å². The van der Waals surface area contributed by atoms with Crippen LogP contribution in [0.1, 0.15) is 50.4 Å². The Balaban J connectivity index is 1.64. The van der Waals surface area contributed by atoms with Crippen molar-refractivity contribution < 1.29 is 19.1 Å². The van der Waals surface area contributed by atoms with E-state index in [-0.39, 0.29) is 29.1 Å². The summed E-state index contributed by atoms with van der Waals surface area (Å²) in [5, 5.41) is 14.2. The predicted octanol–water partition coefficient (Wildman–Crippen LogP) is 4.74. The Kier molecular flexibility index (Phi) is 5.68. The number of imide groups is 1. The van der Waals surface area contributed by atoms with Gasteiger partial charge in [0, 0.05) is 36.0 Å². The van der Waals surface area contributed by atoms with E-state index >= 15 is 0 Å². The molecule has 1 aliphatic carbocycles. The van der Waals surface area contributed by atoms with Crippen molar-refractivity contribution >= 4 is 34.4 Å². The number of aliphatic hydroxyl groups is 1. The number of urea groups is 1. The van der Waals surface area contributed by atoms with Gasteiger partial charge in [0.05, 0.1) is 10.8 Å². The standard InChI is InChI=1S/C25H28ClFN4O3/c1-3-28-8-5-9-30-23(33)25(2)13-17-16-11-18(26)19(27)12-20(16)29-21(17)22(31(25)24(30)34)14-6-4-7-15(32)10-14/h6,10-12,22,28-29,32H,3-5,7-9,13H2,1-2H3/t22-,25+/m1/s1. The number of H-pyrrole nitrogens is 1. The van der Waals surface area contributed by atoms with E-state index in [9.17, 15) is 19.1 Å². The van der Waals surface area contributed by atoms with Crippen LogP contribution >= 0.6 is 11.6 Å². The molecule has 1 saturated heterocycles. The van der Waals surface area contributed by atoms with E-state index < -0.39 is 17.4 Å². The van der Waals surface area contributed by atoms with Gasteiger partial charge in [0.25, 0.3) is 5.91 Å². The Hall–Kier alpha value is -2.84. The maximum absolute atomic E-state index is 14.2. The molecule has 0 spiro atoms. The molecule has 3 heterocycles. The summed E-state index contributed by atoms with van der Waals surface area (Å²) in [6.45, 7) is 5.67. The topological polar surface area (TPSA) is 88.7 Å². The average molecular weight is 487 g/mol. The van der Waals surface area contributed by atoms with Gasteiger partial charge in [-0.05, 0) is 62.2 Å². The largest absolute Gasteiger partial charge is 0.512 e. The number of halogens is 2. The molecule has 2 aromatic rings. The fraction of sp³-hybridized carbons (Fsp3) is 0.440. The molecule has 3 amide bonds. The summed E-state index contributed by atoms with van der Waals surface area (Å²) in [4.78, 5) is 33.7. The molecule has 1 aromatic carbocycles. The zero-order valence-electron chi connectivity index (χ0n) is 19.3. The van der Waals surface area contributed by atoms with Gasteiger partial charge in [-0.25, -0.2) is 9.18 Å². The first-order chi connectivity index (χ1) is 16.3. The third-order valence-electron chi connectivity index (χ3n) is 7.12. The Bertz CT molecular complexity index is 1250. The van der Waals surface area contributed by atoms with Gasteiger partial charge >= 0.3 is 6.03 Å². The fourth-order valence-corrected chi connectivity index (χ4v) is 5.66. The molecule has 0 bridgehead atoms. The van der Waals surface area contributed by atoms with Crippen LogP contribution in [-0.4, -0.2) is 57.0 Å². The van der Waals surface area contributed by atoms with Gasteiger partial charge in [-0.2, -0.15) is 0 Å². The van der Waals surface area contributed by atoms with Crippen LogP contribution in [0.25, 0.3) is 10.9 Å². The first kappa shape index (κ1) is 22.9. The molecule has 0 unspecified atom stereocenters. The number of carbonyl (C=O) groups excluding carboxylic acids is 2. The Morgan fingerprint density at radius 2 is 2.15 bits per heavy atom. The second-order valence-corrected chi connectivity index (χ2v) is 9.78. The molecule has 7 nitrogen and oxygen atoms in total. The summed E-state index contributed by atoms with van der Waals surface area (Å²) in [7, 11) is 0. The molecule has 1 fully saturated rings. The highest BCUT2D eigenvalue weighted by molar-refractivity contribution is 6.31. The van der Waals surface area contributed by atoms with Crippen molar-refractivity contribution in [2.75, 3.05) is 19.6 Å². The summed E-state index contributed by atoms with van der Waals surface area (Å²) in [6.07, 6.45) is 5.77. The summed E-state index contributed by atoms with van der Waals surface area (Å²) in [5.74, 6) is -0.543. The maximum Gasteiger partial charge on any atom is 0.328 e. The number of nitrogens with one attached hydrogen (secondary N) is 2. The van der Waals surface area contributed by atoms with Crippen molar-refractivity contribution in [1.82, 2.24) is 20.1 Å². The fourth-order valence-electron chi connectivity index (χ4n) is 5.49. The van der Waals surface area contributed by atoms with Crippen LogP contribution in [0.3, 0.4) is 0 Å². The number of allylic oxidation sites excluding steroid dienone is 2. The molecule has 9 heteroatoms. The molecule has 2 atom stereocenters. The number of benzene rings is 1. The number of rotatable bonds is 6. The molecule has 5 rings (SSSR count). The summed E-state index contributed by atoms with van der Waals surface area (Å²) < 4.78 is 14.2. The lowest BCUT2D eigenvalue weighted by molar-refractivity contribution is -0.133. The highest BCUT2D eigenvalue weighted by Crippen LogP contribution is 2.50. The predicted molar refractivity (Wildman–Crippen MR) is 128 cm³/mol. The number of aliphatic hydroxyl groups excluding tert-OH is 1. The molecule has 2 aliphatic heterocycles. The highest BCUT2D eigenvalue weighted by Gasteiger charge is 2.60. The summed E-state index contributed by atoms with van der Waals surface area (Å²) in [5.41, 5.74) is 1.76. The van der Waals surface area contributed by atoms with E-state index in [0.29, 0.717) is 37.9 Å². The van der Waals surface area contributed by atoms with Gasteiger partial charge in [-0.1, -0.05) is 24.6 Å². The van der Waals surface area contributed by atoms with Gasteiger partial charge in [0.15, 0.2) is 0 Å². The monoisotopic (exact) mass is 486 g/mol. The number of aromatic nitrogens is 1. The SMILES string of the molecule is CCNCCCN1C(=O)N2[C@H](C3=CCCC(O)=C3)c3[nH]c4cc(F)c(Cl)cc4c3C[C@@]2(C)C1=O. The minimum atomic E-state index is -1.11. The minimum Gasteiger partial charge on any atom is -0.512 e. The van der Waals surface area contributed by atoms with Crippen LogP contribution in [0.2, 0.25) is 5.02 Å². The van der Waals surface area contributed by atoms with Crippen molar-refractivity contribution in [3.63, 3.8) is 0 Å².